The normalized spacial score (nSPS) is 16.0. The van der Waals surface area contributed by atoms with Crippen molar-refractivity contribution in [3.05, 3.63) is 113 Å². The number of methoxy groups -OCH3 is 1. The third kappa shape index (κ3) is 10.2. The van der Waals surface area contributed by atoms with Gasteiger partial charge in [0.1, 0.15) is 5.78 Å². The number of likely N-dealkylation sites (tertiary alicyclic amines) is 1. The minimum Gasteiger partial charge on any atom is -0.385 e. The molecule has 4 aromatic rings. The highest BCUT2D eigenvalue weighted by Crippen LogP contribution is 2.34. The molecule has 0 saturated carbocycles. The molecule has 1 aromatic heterocycles. The number of anilines is 2. The number of hydrogen-bond donors (Lipinski definition) is 2. The van der Waals surface area contributed by atoms with E-state index in [2.05, 4.69) is 20.5 Å². The van der Waals surface area contributed by atoms with E-state index in [9.17, 15) is 32.3 Å². The molecule has 56 heavy (non-hydrogen) atoms. The summed E-state index contributed by atoms with van der Waals surface area (Å²) in [5, 5.41) is 5.69. The summed E-state index contributed by atoms with van der Waals surface area (Å²) in [5.74, 6) is -1.29. The second kappa shape index (κ2) is 18.4. The summed E-state index contributed by atoms with van der Waals surface area (Å²) < 4.78 is 44.8. The zero-order valence-corrected chi connectivity index (χ0v) is 31.4. The number of halogens is 3. The molecule has 2 N–H and O–H groups in total. The molecule has 3 heterocycles. The Labute approximate surface area is 324 Å². The lowest BCUT2D eigenvalue weighted by atomic mass is 9.91. The molecule has 3 aromatic carbocycles. The van der Waals surface area contributed by atoms with Crippen molar-refractivity contribution in [3.8, 4) is 11.3 Å². The van der Waals surface area contributed by atoms with Crippen molar-refractivity contribution < 1.29 is 37.1 Å². The van der Waals surface area contributed by atoms with E-state index in [1.165, 1.54) is 24.4 Å². The molecule has 0 bridgehead atoms. The van der Waals surface area contributed by atoms with Gasteiger partial charge in [-0.15, -0.1) is 0 Å². The largest absolute Gasteiger partial charge is 0.416 e. The van der Waals surface area contributed by atoms with Crippen LogP contribution in [0.15, 0.2) is 85.1 Å². The Morgan fingerprint density at radius 2 is 1.61 bits per heavy atom. The average molecular weight is 770 g/mol. The second-order valence-corrected chi connectivity index (χ2v) is 14.3. The molecule has 13 heteroatoms. The van der Waals surface area contributed by atoms with Gasteiger partial charge in [-0.25, -0.2) is 0 Å². The first-order valence-corrected chi connectivity index (χ1v) is 19.0. The number of ketones is 1. The van der Waals surface area contributed by atoms with E-state index in [1.54, 1.807) is 48.4 Å². The summed E-state index contributed by atoms with van der Waals surface area (Å²) in [6.45, 7) is 3.00. The molecule has 1 atom stereocenters. The van der Waals surface area contributed by atoms with Gasteiger partial charge in [0.05, 0.1) is 16.9 Å². The van der Waals surface area contributed by atoms with Crippen LogP contribution in [0.1, 0.15) is 87.1 Å². The lowest BCUT2D eigenvalue weighted by Gasteiger charge is -2.32. The number of alkyl halides is 3. The molecule has 2 fully saturated rings. The molecule has 2 aliphatic heterocycles. The summed E-state index contributed by atoms with van der Waals surface area (Å²) in [4.78, 5) is 62.0. The van der Waals surface area contributed by atoms with Crippen LogP contribution in [0.5, 0.6) is 0 Å². The number of Topliss-reactive ketones (excluding diaryl/α,β-unsaturated/α-hetero) is 1. The Morgan fingerprint density at radius 3 is 2.39 bits per heavy atom. The van der Waals surface area contributed by atoms with Gasteiger partial charge < -0.3 is 25.2 Å². The highest BCUT2D eigenvalue weighted by Gasteiger charge is 2.31. The quantitative estimate of drug-likeness (QED) is 0.133. The maximum Gasteiger partial charge on any atom is 0.416 e. The van der Waals surface area contributed by atoms with Crippen molar-refractivity contribution in [2.45, 2.75) is 57.7 Å². The predicted octanol–water partition coefficient (Wildman–Crippen LogP) is 7.79. The highest BCUT2D eigenvalue weighted by molar-refractivity contribution is 6.08. The fraction of sp³-hybridized carbons (Fsp3) is 0.372. The lowest BCUT2D eigenvalue weighted by molar-refractivity contribution is -0.137. The molecule has 0 unspecified atom stereocenters. The van der Waals surface area contributed by atoms with E-state index in [0.29, 0.717) is 60.6 Å². The second-order valence-electron chi connectivity index (χ2n) is 14.3. The molecule has 6 rings (SSSR count). The molecule has 0 aliphatic carbocycles. The average Bonchev–Trinajstić information content (AvgIpc) is 3.23. The summed E-state index contributed by atoms with van der Waals surface area (Å²) in [6.07, 6.45) is 2.71. The zero-order valence-electron chi connectivity index (χ0n) is 31.4. The van der Waals surface area contributed by atoms with E-state index < -0.39 is 23.6 Å². The van der Waals surface area contributed by atoms with E-state index in [0.717, 1.165) is 63.0 Å². The maximum absolute atomic E-state index is 13.8. The van der Waals surface area contributed by atoms with E-state index >= 15 is 0 Å². The number of ether oxygens (including phenoxy) is 1. The molecular weight excluding hydrogens is 723 g/mol. The van der Waals surface area contributed by atoms with Gasteiger partial charge in [0.25, 0.3) is 17.7 Å². The SMILES string of the molecule is COCCCC(=O)[C@H]1CCCN(C(=O)c2cccc(C(=O)Nc3ccc(N4CCCCC4)cc3-c3cc(C(=O)NCc4cccc(C(F)(F)F)c4)ccn3)c2)C1. The number of nitrogens with one attached hydrogen (secondary N) is 2. The van der Waals surface area contributed by atoms with Crippen molar-refractivity contribution in [2.75, 3.05) is 50.1 Å². The van der Waals surface area contributed by atoms with Gasteiger partial charge in [0.15, 0.2) is 0 Å². The number of nitrogens with zero attached hydrogens (tertiary/aromatic N) is 3. The fourth-order valence-corrected chi connectivity index (χ4v) is 7.25. The minimum atomic E-state index is -4.50. The summed E-state index contributed by atoms with van der Waals surface area (Å²) in [6, 6.07) is 20.0. The summed E-state index contributed by atoms with van der Waals surface area (Å²) >= 11 is 0. The monoisotopic (exact) mass is 769 g/mol. The number of hydrogen-bond acceptors (Lipinski definition) is 7. The van der Waals surface area contributed by atoms with Gasteiger partial charge in [0, 0.05) is 92.9 Å². The minimum absolute atomic E-state index is 0.112. The van der Waals surface area contributed by atoms with Gasteiger partial charge in [0.2, 0.25) is 0 Å². The van der Waals surface area contributed by atoms with Crippen LogP contribution >= 0.6 is 0 Å². The van der Waals surface area contributed by atoms with Crippen LogP contribution in [-0.2, 0) is 22.3 Å². The number of aromatic nitrogens is 1. The van der Waals surface area contributed by atoms with Crippen LogP contribution in [0.3, 0.4) is 0 Å². The molecule has 0 spiro atoms. The number of carbonyl (C=O) groups excluding carboxylic acids is 4. The van der Waals surface area contributed by atoms with Crippen molar-refractivity contribution in [2.24, 2.45) is 5.92 Å². The van der Waals surface area contributed by atoms with Crippen LogP contribution in [0.4, 0.5) is 24.5 Å². The number of pyridine rings is 1. The molecule has 2 saturated heterocycles. The van der Waals surface area contributed by atoms with Crippen LogP contribution in [0, 0.1) is 5.92 Å². The summed E-state index contributed by atoms with van der Waals surface area (Å²) in [7, 11) is 1.60. The van der Waals surface area contributed by atoms with Crippen LogP contribution in [-0.4, -0.2) is 73.3 Å². The first-order chi connectivity index (χ1) is 27.0. The van der Waals surface area contributed by atoms with Crippen LogP contribution < -0.4 is 15.5 Å². The third-order valence-corrected chi connectivity index (χ3v) is 10.3. The molecule has 10 nitrogen and oxygen atoms in total. The van der Waals surface area contributed by atoms with Crippen LogP contribution in [0.2, 0.25) is 0 Å². The number of rotatable bonds is 13. The Morgan fingerprint density at radius 1 is 0.839 bits per heavy atom. The molecule has 3 amide bonds. The topological polar surface area (TPSA) is 121 Å². The van der Waals surface area contributed by atoms with Crippen molar-refractivity contribution in [1.29, 1.82) is 0 Å². The smallest absolute Gasteiger partial charge is 0.385 e. The Bertz CT molecular complexity index is 2050. The van der Waals surface area contributed by atoms with Gasteiger partial charge in [-0.1, -0.05) is 18.2 Å². The first-order valence-electron chi connectivity index (χ1n) is 19.0. The lowest BCUT2D eigenvalue weighted by Crippen LogP contribution is -2.42. The van der Waals surface area contributed by atoms with E-state index in [1.807, 2.05) is 12.1 Å². The van der Waals surface area contributed by atoms with Gasteiger partial charge in [-0.3, -0.25) is 24.2 Å². The Kier molecular flexibility index (Phi) is 13.2. The Hall–Kier alpha value is -5.56. The fourth-order valence-electron chi connectivity index (χ4n) is 7.25. The Balaban J connectivity index is 1.20. The van der Waals surface area contributed by atoms with Crippen molar-refractivity contribution in [3.63, 3.8) is 0 Å². The first kappa shape index (κ1) is 40.1. The predicted molar refractivity (Wildman–Crippen MR) is 207 cm³/mol. The molecule has 2 aliphatic rings. The third-order valence-electron chi connectivity index (χ3n) is 10.3. The van der Waals surface area contributed by atoms with E-state index in [4.69, 9.17) is 4.74 Å². The standard InChI is InChI=1S/C43H46F3N5O5/c1-56-22-8-14-39(52)33-12-7-21-51(28-33)42(55)32-11-6-10-30(24-32)41(54)49-37-16-15-35(50-19-3-2-4-20-50)26-36(37)38-25-31(17-18-47-38)40(53)48-27-29-9-5-13-34(23-29)43(44,45)46/h5-6,9-11,13,15-18,23-26,33H,2-4,7-8,12,14,19-22,27-28H2,1H3,(H,48,53)(H,49,54)/t33-/m0/s1. The van der Waals surface area contributed by atoms with Crippen molar-refractivity contribution in [1.82, 2.24) is 15.2 Å². The van der Waals surface area contributed by atoms with Crippen molar-refractivity contribution >= 4 is 34.9 Å². The number of piperidine rings is 2. The van der Waals surface area contributed by atoms with Crippen LogP contribution in [0.25, 0.3) is 11.3 Å². The number of amides is 3. The molecule has 0 radical (unpaired) electrons. The maximum atomic E-state index is 13.8. The number of benzene rings is 3. The van der Waals surface area contributed by atoms with Gasteiger partial charge >= 0.3 is 6.18 Å². The van der Waals surface area contributed by atoms with E-state index in [-0.39, 0.29) is 35.3 Å². The zero-order chi connectivity index (χ0) is 39.7. The van der Waals surface area contributed by atoms with Gasteiger partial charge in [-0.05, 0) is 105 Å². The highest BCUT2D eigenvalue weighted by atomic mass is 19.4. The molecular formula is C43H46F3N5O5. The van der Waals surface area contributed by atoms with Gasteiger partial charge in [-0.2, -0.15) is 13.2 Å². The molecule has 294 valence electrons. The number of carbonyl (C=O) groups is 4. The summed E-state index contributed by atoms with van der Waals surface area (Å²) in [5.41, 5.74) is 2.70.